The Balaban J connectivity index is 2.55. The fraction of sp³-hybridized carbons (Fsp3) is 0.500. The van der Waals surface area contributed by atoms with Crippen LogP contribution < -0.4 is 0 Å². The molecule has 0 unspecified atom stereocenters. The molecule has 0 bridgehead atoms. The molecule has 1 aliphatic rings. The van der Waals surface area contributed by atoms with Gasteiger partial charge in [-0.15, -0.1) is 0 Å². The molecule has 0 heterocycles. The summed E-state index contributed by atoms with van der Waals surface area (Å²) in [6.45, 7) is 2.04. The predicted molar refractivity (Wildman–Crippen MR) is 66.8 cm³/mol. The molecule has 1 aromatic rings. The highest BCUT2D eigenvalue weighted by Gasteiger charge is 2.14. The van der Waals surface area contributed by atoms with Crippen LogP contribution in [0.4, 0.5) is 0 Å². The highest BCUT2D eigenvalue weighted by molar-refractivity contribution is 14.1. The number of hydrogen-bond acceptors (Lipinski definition) is 1. The molecule has 0 fully saturated rings. The molecule has 2 rings (SSSR count). The summed E-state index contributed by atoms with van der Waals surface area (Å²) in [6.07, 6.45) is 6.23. The smallest absolute Gasteiger partial charge is 0.132 e. The molecule has 76 valence electrons. The molecule has 0 amide bonds. The third kappa shape index (κ3) is 1.76. The van der Waals surface area contributed by atoms with Gasteiger partial charge in [0.1, 0.15) is 5.75 Å². The largest absolute Gasteiger partial charge is 0.507 e. The minimum absolute atomic E-state index is 0.492. The van der Waals surface area contributed by atoms with Crippen LogP contribution in [0, 0.1) is 10.5 Å². The molecule has 14 heavy (non-hydrogen) atoms. The summed E-state index contributed by atoms with van der Waals surface area (Å²) in [5.41, 5.74) is 3.97. The first-order chi connectivity index (χ1) is 6.70. The standard InChI is InChI=1S/C12H15IO/c1-8-10-6-4-2-3-5-9(10)7-11(13)12(8)14/h7,14H,2-6H2,1H3. The fourth-order valence-electron chi connectivity index (χ4n) is 2.24. The molecule has 0 aromatic heterocycles. The molecule has 1 aliphatic carbocycles. The molecule has 0 spiro atoms. The van der Waals surface area contributed by atoms with Crippen molar-refractivity contribution in [2.24, 2.45) is 0 Å². The number of aryl methyl sites for hydroxylation is 1. The van der Waals surface area contributed by atoms with Crippen LogP contribution in [0.15, 0.2) is 6.07 Å². The lowest BCUT2D eigenvalue weighted by Gasteiger charge is -2.12. The molecule has 1 N–H and O–H groups in total. The van der Waals surface area contributed by atoms with Crippen molar-refractivity contribution in [1.82, 2.24) is 0 Å². The lowest BCUT2D eigenvalue weighted by atomic mass is 9.97. The van der Waals surface area contributed by atoms with E-state index < -0.39 is 0 Å². The number of benzene rings is 1. The lowest BCUT2D eigenvalue weighted by Crippen LogP contribution is -1.97. The Labute approximate surface area is 98.7 Å². The molecule has 2 heteroatoms. The summed E-state index contributed by atoms with van der Waals surface area (Å²) < 4.78 is 1.00. The number of hydrogen-bond donors (Lipinski definition) is 1. The zero-order chi connectivity index (χ0) is 10.1. The molecule has 0 radical (unpaired) electrons. The van der Waals surface area contributed by atoms with Gasteiger partial charge in [-0.25, -0.2) is 0 Å². The Morgan fingerprint density at radius 2 is 1.93 bits per heavy atom. The summed E-state index contributed by atoms with van der Waals surface area (Å²) in [6, 6.07) is 2.16. The molecule has 1 aromatic carbocycles. The quantitative estimate of drug-likeness (QED) is 0.574. The number of rotatable bonds is 0. The predicted octanol–water partition coefficient (Wildman–Crippen LogP) is 3.57. The number of fused-ring (bicyclic) bond motifs is 1. The third-order valence-electron chi connectivity index (χ3n) is 3.10. The summed E-state index contributed by atoms with van der Waals surface area (Å²) in [7, 11) is 0. The summed E-state index contributed by atoms with van der Waals surface area (Å²) in [4.78, 5) is 0. The minimum Gasteiger partial charge on any atom is -0.507 e. The van der Waals surface area contributed by atoms with Crippen molar-refractivity contribution < 1.29 is 5.11 Å². The number of phenols is 1. The van der Waals surface area contributed by atoms with Gasteiger partial charge in [-0.2, -0.15) is 0 Å². The summed E-state index contributed by atoms with van der Waals surface area (Å²) in [5, 5.41) is 9.85. The molecule has 1 nitrogen and oxygen atoms in total. The second-order valence-corrected chi connectivity index (χ2v) is 5.19. The first kappa shape index (κ1) is 10.3. The van der Waals surface area contributed by atoms with E-state index in [0.29, 0.717) is 5.75 Å². The molecular formula is C12H15IO. The topological polar surface area (TPSA) is 20.2 Å². The van der Waals surface area contributed by atoms with Crippen molar-refractivity contribution in [2.45, 2.75) is 39.0 Å². The maximum absolute atomic E-state index is 9.85. The van der Waals surface area contributed by atoms with Crippen LogP contribution in [0.2, 0.25) is 0 Å². The second-order valence-electron chi connectivity index (χ2n) is 4.03. The van der Waals surface area contributed by atoms with E-state index in [1.165, 1.54) is 36.8 Å². The van der Waals surface area contributed by atoms with Crippen LogP contribution in [-0.4, -0.2) is 5.11 Å². The van der Waals surface area contributed by atoms with Crippen LogP contribution in [0.3, 0.4) is 0 Å². The lowest BCUT2D eigenvalue weighted by molar-refractivity contribution is 0.466. The van der Waals surface area contributed by atoms with Gasteiger partial charge >= 0.3 is 0 Å². The molecule has 0 aliphatic heterocycles. The average molecular weight is 302 g/mol. The zero-order valence-electron chi connectivity index (χ0n) is 8.44. The highest BCUT2D eigenvalue weighted by Crippen LogP contribution is 2.33. The van der Waals surface area contributed by atoms with Crippen molar-refractivity contribution in [3.05, 3.63) is 26.3 Å². The monoisotopic (exact) mass is 302 g/mol. The summed E-state index contributed by atoms with van der Waals surface area (Å²) in [5.74, 6) is 0.492. The first-order valence-electron chi connectivity index (χ1n) is 5.20. The van der Waals surface area contributed by atoms with E-state index in [1.807, 2.05) is 6.92 Å². The van der Waals surface area contributed by atoms with Gasteiger partial charge in [0.2, 0.25) is 0 Å². The van der Waals surface area contributed by atoms with Gasteiger partial charge in [-0.05, 0) is 78.0 Å². The van der Waals surface area contributed by atoms with Crippen molar-refractivity contribution in [2.75, 3.05) is 0 Å². The maximum atomic E-state index is 9.85. The molecular weight excluding hydrogens is 287 g/mol. The number of aromatic hydroxyl groups is 1. The maximum Gasteiger partial charge on any atom is 0.132 e. The van der Waals surface area contributed by atoms with E-state index in [1.54, 1.807) is 0 Å². The van der Waals surface area contributed by atoms with Crippen molar-refractivity contribution >= 4 is 22.6 Å². The summed E-state index contributed by atoms with van der Waals surface area (Å²) >= 11 is 2.22. The molecule has 0 saturated heterocycles. The second kappa shape index (κ2) is 4.09. The van der Waals surface area contributed by atoms with Gasteiger partial charge in [-0.1, -0.05) is 6.42 Å². The molecule has 0 atom stereocenters. The Morgan fingerprint density at radius 3 is 2.71 bits per heavy atom. The average Bonchev–Trinajstić information content (AvgIpc) is 2.39. The number of phenolic OH excluding ortho intramolecular Hbond substituents is 1. The SMILES string of the molecule is Cc1c(O)c(I)cc2c1CCCCC2. The Morgan fingerprint density at radius 1 is 1.21 bits per heavy atom. The normalized spacial score (nSPS) is 16.1. The molecule has 0 saturated carbocycles. The Kier molecular flexibility index (Phi) is 3.00. The van der Waals surface area contributed by atoms with Gasteiger partial charge in [0.25, 0.3) is 0 Å². The van der Waals surface area contributed by atoms with E-state index in [4.69, 9.17) is 0 Å². The van der Waals surface area contributed by atoms with Crippen molar-refractivity contribution in [3.8, 4) is 5.75 Å². The van der Waals surface area contributed by atoms with Crippen LogP contribution in [-0.2, 0) is 12.8 Å². The fourth-order valence-corrected chi connectivity index (χ4v) is 3.02. The van der Waals surface area contributed by atoms with Gasteiger partial charge in [0.15, 0.2) is 0 Å². The van der Waals surface area contributed by atoms with E-state index >= 15 is 0 Å². The Bertz CT molecular complexity index is 358. The number of halogens is 1. The van der Waals surface area contributed by atoms with Gasteiger partial charge < -0.3 is 5.11 Å². The van der Waals surface area contributed by atoms with Crippen molar-refractivity contribution in [1.29, 1.82) is 0 Å². The van der Waals surface area contributed by atoms with Gasteiger partial charge in [-0.3, -0.25) is 0 Å². The van der Waals surface area contributed by atoms with Crippen LogP contribution in [0.25, 0.3) is 0 Å². The van der Waals surface area contributed by atoms with Crippen molar-refractivity contribution in [3.63, 3.8) is 0 Å². The Hall–Kier alpha value is -0.250. The van der Waals surface area contributed by atoms with Crippen LogP contribution in [0.5, 0.6) is 5.75 Å². The van der Waals surface area contributed by atoms with E-state index in [9.17, 15) is 5.11 Å². The van der Waals surface area contributed by atoms with E-state index in [2.05, 4.69) is 28.7 Å². The third-order valence-corrected chi connectivity index (χ3v) is 3.92. The van der Waals surface area contributed by atoms with E-state index in [0.717, 1.165) is 15.6 Å². The van der Waals surface area contributed by atoms with Gasteiger partial charge in [0.05, 0.1) is 3.57 Å². The van der Waals surface area contributed by atoms with Crippen LogP contribution in [0.1, 0.15) is 36.0 Å². The van der Waals surface area contributed by atoms with Crippen LogP contribution >= 0.6 is 22.6 Å². The first-order valence-corrected chi connectivity index (χ1v) is 6.28. The highest BCUT2D eigenvalue weighted by atomic mass is 127. The van der Waals surface area contributed by atoms with E-state index in [-0.39, 0.29) is 0 Å². The van der Waals surface area contributed by atoms with Gasteiger partial charge in [0, 0.05) is 0 Å². The zero-order valence-corrected chi connectivity index (χ0v) is 10.6. The minimum atomic E-state index is 0.492.